The number of piperidine rings is 2. The van der Waals surface area contributed by atoms with Crippen molar-refractivity contribution in [3.05, 3.63) is 0 Å². The minimum atomic E-state index is 0.0881. The van der Waals surface area contributed by atoms with Crippen molar-refractivity contribution >= 4 is 33.4 Å². The van der Waals surface area contributed by atoms with Crippen LogP contribution in [-0.4, -0.2) is 72.7 Å². The zero-order chi connectivity index (χ0) is 19.3. The molecule has 4 heterocycles. The fourth-order valence-corrected chi connectivity index (χ4v) is 5.23. The number of rotatable bonds is 6. The van der Waals surface area contributed by atoms with Crippen LogP contribution in [0.15, 0.2) is 0 Å². The number of amides is 2. The van der Waals surface area contributed by atoms with Crippen LogP contribution in [0.4, 0.5) is 10.3 Å². The van der Waals surface area contributed by atoms with Gasteiger partial charge in [-0.2, -0.15) is 0 Å². The normalized spacial score (nSPS) is 22.1. The third-order valence-corrected chi connectivity index (χ3v) is 7.03. The van der Waals surface area contributed by atoms with Crippen molar-refractivity contribution in [2.75, 3.05) is 55.6 Å². The molecule has 0 aliphatic carbocycles. The van der Waals surface area contributed by atoms with Gasteiger partial charge in [0.25, 0.3) is 0 Å². The topological polar surface area (TPSA) is 81.7 Å². The van der Waals surface area contributed by atoms with E-state index in [0.717, 1.165) is 57.1 Å². The lowest BCUT2D eigenvalue weighted by Gasteiger charge is -2.31. The summed E-state index contributed by atoms with van der Waals surface area (Å²) in [6.45, 7) is 6.42. The van der Waals surface area contributed by atoms with E-state index in [1.165, 1.54) is 43.7 Å². The first-order valence-corrected chi connectivity index (χ1v) is 11.4. The fourth-order valence-electron chi connectivity index (χ4n) is 4.29. The van der Waals surface area contributed by atoms with Gasteiger partial charge in [-0.15, -0.1) is 10.2 Å². The lowest BCUT2D eigenvalue weighted by molar-refractivity contribution is -0.125. The molecule has 9 heteroatoms. The summed E-state index contributed by atoms with van der Waals surface area (Å²) in [6, 6.07) is 0. The van der Waals surface area contributed by atoms with E-state index in [1.54, 1.807) is 4.90 Å². The Hall–Kier alpha value is -1.74. The number of likely N-dealkylation sites (tertiary alicyclic amines) is 1. The number of nitrogens with zero attached hydrogens (tertiary/aromatic N) is 5. The molecule has 154 valence electrons. The van der Waals surface area contributed by atoms with Gasteiger partial charge in [-0.1, -0.05) is 17.8 Å². The Balaban J connectivity index is 1.20. The van der Waals surface area contributed by atoms with Crippen molar-refractivity contribution in [2.45, 2.75) is 44.9 Å². The Morgan fingerprint density at radius 1 is 1.00 bits per heavy atom. The predicted octanol–water partition coefficient (Wildman–Crippen LogP) is 1.48. The molecule has 0 bridgehead atoms. The van der Waals surface area contributed by atoms with E-state index in [1.807, 2.05) is 0 Å². The van der Waals surface area contributed by atoms with Crippen LogP contribution >= 0.6 is 11.3 Å². The fraction of sp³-hybridized carbons (Fsp3) is 0.789. The summed E-state index contributed by atoms with van der Waals surface area (Å²) in [5.41, 5.74) is 0. The summed E-state index contributed by atoms with van der Waals surface area (Å²) in [5.74, 6) is 0.421. The highest BCUT2D eigenvalue weighted by Crippen LogP contribution is 2.32. The summed E-state index contributed by atoms with van der Waals surface area (Å²) in [6.07, 6.45) is 7.09. The Bertz CT molecular complexity index is 682. The number of nitrogens with one attached hydrogen (secondary N) is 1. The first-order valence-electron chi connectivity index (χ1n) is 10.6. The van der Waals surface area contributed by atoms with Gasteiger partial charge in [0.1, 0.15) is 0 Å². The maximum atomic E-state index is 12.5. The summed E-state index contributed by atoms with van der Waals surface area (Å²) >= 11 is 1.48. The van der Waals surface area contributed by atoms with Crippen molar-refractivity contribution in [3.8, 4) is 0 Å². The third kappa shape index (κ3) is 4.63. The van der Waals surface area contributed by atoms with E-state index in [4.69, 9.17) is 0 Å². The van der Waals surface area contributed by atoms with Gasteiger partial charge in [-0.05, 0) is 45.2 Å². The van der Waals surface area contributed by atoms with E-state index in [-0.39, 0.29) is 17.7 Å². The molecule has 0 saturated carbocycles. The number of anilines is 2. The zero-order valence-corrected chi connectivity index (χ0v) is 17.3. The van der Waals surface area contributed by atoms with Gasteiger partial charge in [0.05, 0.1) is 0 Å². The van der Waals surface area contributed by atoms with Crippen LogP contribution in [0, 0.1) is 5.92 Å². The van der Waals surface area contributed by atoms with Crippen molar-refractivity contribution in [1.82, 2.24) is 20.4 Å². The monoisotopic (exact) mass is 406 g/mol. The molecule has 8 nitrogen and oxygen atoms in total. The zero-order valence-electron chi connectivity index (χ0n) is 16.4. The molecule has 3 aliphatic rings. The van der Waals surface area contributed by atoms with E-state index in [0.29, 0.717) is 11.6 Å². The Kier molecular flexibility index (Phi) is 6.41. The largest absolute Gasteiger partial charge is 0.355 e. The standard InChI is InChI=1S/C19H30N6O2S/c26-16-5-4-11-25(16)19-22-21-18(28-19)24-12-6-15(7-13-24)17(27)20-8-14-23-9-2-1-3-10-23/h15H,1-14H2,(H,20,27). The SMILES string of the molecule is O=C(NCCN1CCCCC1)C1CCN(c2nnc(N3CCCC3=O)s2)CC1. The molecule has 3 aliphatic heterocycles. The molecule has 1 aromatic rings. The number of carbonyl (C=O) groups excluding carboxylic acids is 2. The number of hydrogen-bond acceptors (Lipinski definition) is 7. The lowest BCUT2D eigenvalue weighted by atomic mass is 9.96. The van der Waals surface area contributed by atoms with E-state index in [2.05, 4.69) is 25.3 Å². The van der Waals surface area contributed by atoms with Crippen molar-refractivity contribution in [1.29, 1.82) is 0 Å². The molecular formula is C19H30N6O2S. The average molecular weight is 407 g/mol. The van der Waals surface area contributed by atoms with E-state index in [9.17, 15) is 9.59 Å². The van der Waals surface area contributed by atoms with Crippen molar-refractivity contribution < 1.29 is 9.59 Å². The average Bonchev–Trinajstić information content (AvgIpc) is 3.38. The van der Waals surface area contributed by atoms with Crippen molar-refractivity contribution in [3.63, 3.8) is 0 Å². The van der Waals surface area contributed by atoms with Crippen molar-refractivity contribution in [2.24, 2.45) is 5.92 Å². The second-order valence-corrected chi connectivity index (χ2v) is 8.91. The number of hydrogen-bond donors (Lipinski definition) is 1. The highest BCUT2D eigenvalue weighted by atomic mass is 32.1. The van der Waals surface area contributed by atoms with Crippen LogP contribution in [-0.2, 0) is 9.59 Å². The van der Waals surface area contributed by atoms with Gasteiger partial charge in [-0.25, -0.2) is 0 Å². The molecular weight excluding hydrogens is 376 g/mol. The molecule has 1 aromatic heterocycles. The van der Waals surface area contributed by atoms with Crippen LogP contribution in [0.25, 0.3) is 0 Å². The second-order valence-electron chi connectivity index (χ2n) is 7.97. The summed E-state index contributed by atoms with van der Waals surface area (Å²) < 4.78 is 0. The van der Waals surface area contributed by atoms with E-state index >= 15 is 0 Å². The molecule has 0 spiro atoms. The number of carbonyl (C=O) groups is 2. The third-order valence-electron chi connectivity index (χ3n) is 6.02. The first-order chi connectivity index (χ1) is 13.7. The molecule has 3 fully saturated rings. The predicted molar refractivity (Wildman–Crippen MR) is 110 cm³/mol. The quantitative estimate of drug-likeness (QED) is 0.771. The molecule has 0 atom stereocenters. The minimum absolute atomic E-state index is 0.0881. The van der Waals surface area contributed by atoms with Crippen LogP contribution in [0.5, 0.6) is 0 Å². The van der Waals surface area contributed by atoms with Gasteiger partial charge < -0.3 is 15.1 Å². The molecule has 4 rings (SSSR count). The Morgan fingerprint density at radius 3 is 2.46 bits per heavy atom. The molecule has 1 N–H and O–H groups in total. The first kappa shape index (κ1) is 19.6. The maximum absolute atomic E-state index is 12.5. The second kappa shape index (κ2) is 9.17. The maximum Gasteiger partial charge on any atom is 0.228 e. The lowest BCUT2D eigenvalue weighted by Crippen LogP contribution is -2.43. The molecule has 28 heavy (non-hydrogen) atoms. The Labute approximate surface area is 170 Å². The summed E-state index contributed by atoms with van der Waals surface area (Å²) in [5, 5.41) is 13.2. The summed E-state index contributed by atoms with van der Waals surface area (Å²) in [7, 11) is 0. The molecule has 3 saturated heterocycles. The summed E-state index contributed by atoms with van der Waals surface area (Å²) in [4.78, 5) is 30.7. The smallest absolute Gasteiger partial charge is 0.228 e. The molecule has 0 unspecified atom stereocenters. The van der Waals surface area contributed by atoms with Crippen LogP contribution < -0.4 is 15.1 Å². The highest BCUT2D eigenvalue weighted by Gasteiger charge is 2.29. The van der Waals surface area contributed by atoms with Crippen LogP contribution in [0.1, 0.15) is 44.9 Å². The van der Waals surface area contributed by atoms with E-state index < -0.39 is 0 Å². The van der Waals surface area contributed by atoms with Gasteiger partial charge in [0, 0.05) is 45.1 Å². The highest BCUT2D eigenvalue weighted by molar-refractivity contribution is 7.19. The molecule has 0 radical (unpaired) electrons. The van der Waals surface area contributed by atoms with Crippen LogP contribution in [0.3, 0.4) is 0 Å². The van der Waals surface area contributed by atoms with Gasteiger partial charge in [-0.3, -0.25) is 14.5 Å². The molecule has 0 aromatic carbocycles. The molecule has 2 amide bonds. The van der Waals surface area contributed by atoms with Gasteiger partial charge >= 0.3 is 0 Å². The van der Waals surface area contributed by atoms with Gasteiger partial charge in [0.2, 0.25) is 22.1 Å². The minimum Gasteiger partial charge on any atom is -0.355 e. The van der Waals surface area contributed by atoms with Crippen LogP contribution in [0.2, 0.25) is 0 Å². The number of aromatic nitrogens is 2. The Morgan fingerprint density at radius 2 is 1.75 bits per heavy atom. The van der Waals surface area contributed by atoms with Gasteiger partial charge in [0.15, 0.2) is 0 Å².